The molecule has 1 atom stereocenters. The van der Waals surface area contributed by atoms with Gasteiger partial charge in [0, 0.05) is 11.3 Å². The van der Waals surface area contributed by atoms with Crippen molar-refractivity contribution in [1.29, 1.82) is 0 Å². The third kappa shape index (κ3) is 4.71. The molecule has 1 aliphatic rings. The Labute approximate surface area is 177 Å². The molecule has 7 heteroatoms. The van der Waals surface area contributed by atoms with E-state index in [-0.39, 0.29) is 24.2 Å². The molecule has 4 rings (SSSR count). The standard InChI is InChI=1S/C22H19ClFNO3S/c23-17-11-14(12-18-22(17)28-9-2-8-27-18)13-20(26)25-21(19-3-1-10-29-19)15-4-6-16(24)7-5-15/h1,3-7,10-12,21H,2,8-9,13H2,(H,25,26). The summed E-state index contributed by atoms with van der Waals surface area (Å²) in [5, 5.41) is 5.43. The Morgan fingerprint density at radius 1 is 1.17 bits per heavy atom. The fourth-order valence-electron chi connectivity index (χ4n) is 3.21. The number of halogens is 2. The summed E-state index contributed by atoms with van der Waals surface area (Å²) in [5.41, 5.74) is 1.56. The first-order chi connectivity index (χ1) is 14.1. The summed E-state index contributed by atoms with van der Waals surface area (Å²) < 4.78 is 24.7. The Balaban J connectivity index is 1.53. The molecular weight excluding hydrogens is 413 g/mol. The van der Waals surface area contributed by atoms with Gasteiger partial charge in [0.05, 0.1) is 30.7 Å². The van der Waals surface area contributed by atoms with Gasteiger partial charge in [-0.3, -0.25) is 4.79 Å². The monoisotopic (exact) mass is 431 g/mol. The van der Waals surface area contributed by atoms with Gasteiger partial charge in [0.1, 0.15) is 5.82 Å². The lowest BCUT2D eigenvalue weighted by atomic mass is 10.0. The van der Waals surface area contributed by atoms with Crippen LogP contribution < -0.4 is 14.8 Å². The maximum atomic E-state index is 13.3. The number of carbonyl (C=O) groups is 1. The van der Waals surface area contributed by atoms with Gasteiger partial charge in [0.2, 0.25) is 5.91 Å². The third-order valence-electron chi connectivity index (χ3n) is 4.56. The quantitative estimate of drug-likeness (QED) is 0.607. The van der Waals surface area contributed by atoms with Crippen LogP contribution in [0.2, 0.25) is 5.02 Å². The van der Waals surface area contributed by atoms with Crippen molar-refractivity contribution in [3.63, 3.8) is 0 Å². The Kier molecular flexibility index (Phi) is 6.02. The Bertz CT molecular complexity index is 992. The van der Waals surface area contributed by atoms with Gasteiger partial charge in [0.25, 0.3) is 0 Å². The number of carbonyl (C=O) groups excluding carboxylic acids is 1. The SMILES string of the molecule is O=C(Cc1cc(Cl)c2c(c1)OCCCO2)NC(c1ccc(F)cc1)c1cccs1. The van der Waals surface area contributed by atoms with Crippen molar-refractivity contribution in [1.82, 2.24) is 5.32 Å². The van der Waals surface area contributed by atoms with Crippen molar-refractivity contribution < 1.29 is 18.7 Å². The van der Waals surface area contributed by atoms with E-state index in [9.17, 15) is 9.18 Å². The first-order valence-corrected chi connectivity index (χ1v) is 10.5. The van der Waals surface area contributed by atoms with Crippen LogP contribution in [0.15, 0.2) is 53.9 Å². The molecule has 1 amide bonds. The van der Waals surface area contributed by atoms with Gasteiger partial charge in [-0.15, -0.1) is 11.3 Å². The predicted octanol–water partition coefficient (Wildman–Crippen LogP) is 5.15. The van der Waals surface area contributed by atoms with E-state index in [2.05, 4.69) is 5.32 Å². The van der Waals surface area contributed by atoms with E-state index < -0.39 is 0 Å². The summed E-state index contributed by atoms with van der Waals surface area (Å²) in [6.45, 7) is 1.09. The first kappa shape index (κ1) is 19.7. The zero-order valence-corrected chi connectivity index (χ0v) is 17.1. The van der Waals surface area contributed by atoms with E-state index in [1.807, 2.05) is 17.5 Å². The summed E-state index contributed by atoms with van der Waals surface area (Å²) in [4.78, 5) is 13.8. The fraction of sp³-hybridized carbons (Fsp3) is 0.227. The van der Waals surface area contributed by atoms with Crippen LogP contribution in [-0.2, 0) is 11.2 Å². The van der Waals surface area contributed by atoms with Gasteiger partial charge in [-0.2, -0.15) is 0 Å². The second-order valence-electron chi connectivity index (χ2n) is 6.70. The zero-order chi connectivity index (χ0) is 20.2. The van der Waals surface area contributed by atoms with Gasteiger partial charge < -0.3 is 14.8 Å². The fourth-order valence-corrected chi connectivity index (χ4v) is 4.30. The molecule has 1 aliphatic heterocycles. The summed E-state index contributed by atoms with van der Waals surface area (Å²) in [6, 6.07) is 13.2. The van der Waals surface area contributed by atoms with Crippen LogP contribution >= 0.6 is 22.9 Å². The molecule has 2 aromatic carbocycles. The van der Waals surface area contributed by atoms with Gasteiger partial charge in [-0.1, -0.05) is 29.8 Å². The Morgan fingerprint density at radius 3 is 2.72 bits per heavy atom. The van der Waals surface area contributed by atoms with Crippen molar-refractivity contribution in [2.45, 2.75) is 18.9 Å². The minimum absolute atomic E-state index is 0.138. The third-order valence-corrected chi connectivity index (χ3v) is 5.78. The highest BCUT2D eigenvalue weighted by atomic mass is 35.5. The first-order valence-electron chi connectivity index (χ1n) is 9.26. The van der Waals surface area contributed by atoms with Gasteiger partial charge in [0.15, 0.2) is 11.5 Å². The molecule has 0 saturated heterocycles. The molecule has 1 N–H and O–H groups in total. The number of hydrogen-bond donors (Lipinski definition) is 1. The van der Waals surface area contributed by atoms with E-state index >= 15 is 0 Å². The molecule has 1 unspecified atom stereocenters. The second-order valence-corrected chi connectivity index (χ2v) is 8.09. The maximum absolute atomic E-state index is 13.3. The van der Waals surface area contributed by atoms with Crippen molar-refractivity contribution >= 4 is 28.8 Å². The topological polar surface area (TPSA) is 47.6 Å². The Hall–Kier alpha value is -2.57. The average Bonchev–Trinajstić information content (AvgIpc) is 3.12. The molecule has 150 valence electrons. The van der Waals surface area contributed by atoms with E-state index in [1.165, 1.54) is 23.5 Å². The highest BCUT2D eigenvalue weighted by Gasteiger charge is 2.20. The van der Waals surface area contributed by atoms with Crippen molar-refractivity contribution in [3.05, 3.63) is 80.8 Å². The molecule has 0 aliphatic carbocycles. The lowest BCUT2D eigenvalue weighted by Crippen LogP contribution is -2.30. The number of hydrogen-bond acceptors (Lipinski definition) is 4. The van der Waals surface area contributed by atoms with E-state index in [0.717, 1.165) is 22.4 Å². The van der Waals surface area contributed by atoms with Crippen LogP contribution in [0.25, 0.3) is 0 Å². The minimum atomic E-state index is -0.348. The highest BCUT2D eigenvalue weighted by molar-refractivity contribution is 7.10. The van der Waals surface area contributed by atoms with Crippen LogP contribution in [0.5, 0.6) is 11.5 Å². The number of benzene rings is 2. The molecule has 4 nitrogen and oxygen atoms in total. The number of fused-ring (bicyclic) bond motifs is 1. The van der Waals surface area contributed by atoms with Crippen LogP contribution in [0.1, 0.15) is 28.5 Å². The van der Waals surface area contributed by atoms with Crippen molar-refractivity contribution in [3.8, 4) is 11.5 Å². The van der Waals surface area contributed by atoms with Gasteiger partial charge >= 0.3 is 0 Å². The summed E-state index contributed by atoms with van der Waals surface area (Å²) in [6.07, 6.45) is 0.917. The second kappa shape index (κ2) is 8.84. The number of thiophene rings is 1. The molecule has 1 aromatic heterocycles. The normalized spacial score (nSPS) is 14.1. The largest absolute Gasteiger partial charge is 0.489 e. The van der Waals surface area contributed by atoms with E-state index in [0.29, 0.717) is 29.7 Å². The molecule has 0 saturated carbocycles. The van der Waals surface area contributed by atoms with E-state index in [1.54, 1.807) is 24.3 Å². The summed E-state index contributed by atoms with van der Waals surface area (Å²) >= 11 is 7.87. The molecule has 0 fully saturated rings. The molecular formula is C22H19ClFNO3S. The van der Waals surface area contributed by atoms with Crippen LogP contribution in [0.4, 0.5) is 4.39 Å². The van der Waals surface area contributed by atoms with Gasteiger partial charge in [-0.25, -0.2) is 4.39 Å². The minimum Gasteiger partial charge on any atom is -0.489 e. The van der Waals surface area contributed by atoms with Gasteiger partial charge in [-0.05, 0) is 46.8 Å². The van der Waals surface area contributed by atoms with Crippen molar-refractivity contribution in [2.24, 2.45) is 0 Å². The number of nitrogens with one attached hydrogen (secondary N) is 1. The number of rotatable bonds is 5. The Morgan fingerprint density at radius 2 is 1.97 bits per heavy atom. The lowest BCUT2D eigenvalue weighted by Gasteiger charge is -2.19. The zero-order valence-electron chi connectivity index (χ0n) is 15.5. The number of amides is 1. The summed E-state index contributed by atoms with van der Waals surface area (Å²) in [5.74, 6) is 0.604. The molecule has 3 aromatic rings. The van der Waals surface area contributed by atoms with Crippen LogP contribution in [-0.4, -0.2) is 19.1 Å². The average molecular weight is 432 g/mol. The van der Waals surface area contributed by atoms with Crippen LogP contribution in [0.3, 0.4) is 0 Å². The maximum Gasteiger partial charge on any atom is 0.225 e. The molecule has 0 radical (unpaired) electrons. The van der Waals surface area contributed by atoms with Crippen molar-refractivity contribution in [2.75, 3.05) is 13.2 Å². The molecule has 29 heavy (non-hydrogen) atoms. The molecule has 0 bridgehead atoms. The van der Waals surface area contributed by atoms with Crippen LogP contribution in [0, 0.1) is 5.82 Å². The highest BCUT2D eigenvalue weighted by Crippen LogP contribution is 2.38. The smallest absolute Gasteiger partial charge is 0.225 e. The predicted molar refractivity (Wildman–Crippen MR) is 111 cm³/mol. The lowest BCUT2D eigenvalue weighted by molar-refractivity contribution is -0.120. The molecule has 0 spiro atoms. The number of ether oxygens (including phenoxy) is 2. The summed E-state index contributed by atoms with van der Waals surface area (Å²) in [7, 11) is 0. The van der Waals surface area contributed by atoms with E-state index in [4.69, 9.17) is 21.1 Å². The molecule has 2 heterocycles.